The minimum atomic E-state index is -0.970. The topological polar surface area (TPSA) is 78.9 Å². The van der Waals surface area contributed by atoms with Crippen molar-refractivity contribution in [2.24, 2.45) is 5.92 Å². The number of rotatable bonds is 7. The number of imidazole rings is 1. The van der Waals surface area contributed by atoms with Gasteiger partial charge in [0.05, 0.1) is 18.6 Å². The Balaban J connectivity index is 1.92. The van der Waals surface area contributed by atoms with E-state index >= 15 is 0 Å². The fourth-order valence-corrected chi connectivity index (χ4v) is 3.75. The summed E-state index contributed by atoms with van der Waals surface area (Å²) in [6, 6.07) is 9.83. The van der Waals surface area contributed by atoms with Gasteiger partial charge in [0.15, 0.2) is 16.9 Å². The average molecular weight is 466 g/mol. The molecule has 34 heavy (non-hydrogen) atoms. The molecule has 0 atom stereocenters. The van der Waals surface area contributed by atoms with Gasteiger partial charge in [0.1, 0.15) is 11.6 Å². The lowest BCUT2D eigenvalue weighted by Gasteiger charge is -2.14. The minimum Gasteiger partial charge on any atom is -0.317 e. The molecule has 7 nitrogen and oxygen atoms in total. The molecule has 9 heteroatoms. The molecule has 2 aromatic carbocycles. The van der Waals surface area contributed by atoms with Crippen LogP contribution < -0.4 is 11.2 Å². The van der Waals surface area contributed by atoms with Crippen molar-refractivity contribution in [2.45, 2.75) is 40.3 Å². The van der Waals surface area contributed by atoms with Crippen LogP contribution in [0.4, 0.5) is 8.78 Å². The van der Waals surface area contributed by atoms with E-state index in [9.17, 15) is 23.2 Å². The molecule has 0 aliphatic heterocycles. The number of carbonyl (C=O) groups is 1. The van der Waals surface area contributed by atoms with Crippen molar-refractivity contribution in [3.05, 3.63) is 92.4 Å². The highest BCUT2D eigenvalue weighted by Crippen LogP contribution is 2.18. The zero-order valence-electron chi connectivity index (χ0n) is 19.1. The van der Waals surface area contributed by atoms with Crippen molar-refractivity contribution in [3.63, 3.8) is 0 Å². The van der Waals surface area contributed by atoms with Crippen molar-refractivity contribution in [3.8, 4) is 5.69 Å². The summed E-state index contributed by atoms with van der Waals surface area (Å²) in [7, 11) is 0. The molecule has 0 saturated carbocycles. The molecule has 176 valence electrons. The van der Waals surface area contributed by atoms with Gasteiger partial charge in [-0.25, -0.2) is 23.1 Å². The van der Waals surface area contributed by atoms with E-state index in [0.717, 1.165) is 26.8 Å². The number of benzene rings is 2. The van der Waals surface area contributed by atoms with Gasteiger partial charge in [-0.2, -0.15) is 0 Å². The van der Waals surface area contributed by atoms with E-state index in [1.54, 1.807) is 12.1 Å². The summed E-state index contributed by atoms with van der Waals surface area (Å²) in [4.78, 5) is 43.7. The fraction of sp³-hybridized carbons (Fsp3) is 0.280. The Labute approximate surface area is 193 Å². The number of aryl methyl sites for hydroxylation is 1. The van der Waals surface area contributed by atoms with Crippen LogP contribution in [0.5, 0.6) is 0 Å². The Hall–Kier alpha value is -3.88. The van der Waals surface area contributed by atoms with Crippen molar-refractivity contribution in [1.29, 1.82) is 0 Å². The first kappa shape index (κ1) is 23.3. The van der Waals surface area contributed by atoms with Gasteiger partial charge in [0.2, 0.25) is 0 Å². The van der Waals surface area contributed by atoms with E-state index in [-0.39, 0.29) is 41.6 Å². The van der Waals surface area contributed by atoms with E-state index in [1.807, 2.05) is 32.9 Å². The van der Waals surface area contributed by atoms with E-state index in [4.69, 9.17) is 0 Å². The summed E-state index contributed by atoms with van der Waals surface area (Å²) < 4.78 is 31.5. The van der Waals surface area contributed by atoms with Crippen molar-refractivity contribution in [2.75, 3.05) is 0 Å². The third-order valence-electron chi connectivity index (χ3n) is 5.67. The van der Waals surface area contributed by atoms with Crippen molar-refractivity contribution < 1.29 is 13.6 Å². The number of carbonyl (C=O) groups excluding carboxylic acids is 1. The maximum Gasteiger partial charge on any atom is 0.337 e. The molecule has 2 heterocycles. The second kappa shape index (κ2) is 9.17. The first-order chi connectivity index (χ1) is 16.2. The van der Waals surface area contributed by atoms with Crippen molar-refractivity contribution >= 4 is 16.9 Å². The van der Waals surface area contributed by atoms with Gasteiger partial charge in [-0.3, -0.25) is 14.2 Å². The number of ketones is 1. The third kappa shape index (κ3) is 4.33. The maximum atomic E-state index is 14.7. The summed E-state index contributed by atoms with van der Waals surface area (Å²) in [6.07, 6.45) is 1.81. The lowest BCUT2D eigenvalue weighted by molar-refractivity contribution is 0.0973. The lowest BCUT2D eigenvalue weighted by Crippen LogP contribution is -2.40. The predicted molar refractivity (Wildman–Crippen MR) is 124 cm³/mol. The monoisotopic (exact) mass is 466 g/mol. The van der Waals surface area contributed by atoms with Gasteiger partial charge < -0.3 is 4.57 Å². The van der Waals surface area contributed by atoms with E-state index in [1.165, 1.54) is 10.9 Å². The zero-order valence-corrected chi connectivity index (χ0v) is 19.1. The third-order valence-corrected chi connectivity index (χ3v) is 5.67. The highest BCUT2D eigenvalue weighted by molar-refractivity contribution is 5.96. The van der Waals surface area contributed by atoms with Crippen LogP contribution in [0.3, 0.4) is 0 Å². The van der Waals surface area contributed by atoms with E-state index in [0.29, 0.717) is 18.1 Å². The number of nitrogens with zero attached hydrogens (tertiary/aromatic N) is 4. The quantitative estimate of drug-likeness (QED) is 0.388. The molecular formula is C25H24F2N4O3. The lowest BCUT2D eigenvalue weighted by atomic mass is 10.1. The normalized spacial score (nSPS) is 11.5. The molecule has 0 radical (unpaired) electrons. The summed E-state index contributed by atoms with van der Waals surface area (Å²) in [5.74, 6) is -1.82. The van der Waals surface area contributed by atoms with Gasteiger partial charge in [0, 0.05) is 18.2 Å². The van der Waals surface area contributed by atoms with Crippen LogP contribution in [0.25, 0.3) is 16.9 Å². The first-order valence-electron chi connectivity index (χ1n) is 10.9. The van der Waals surface area contributed by atoms with Crippen LogP contribution in [0, 0.1) is 24.5 Å². The zero-order chi connectivity index (χ0) is 24.6. The van der Waals surface area contributed by atoms with Gasteiger partial charge >= 0.3 is 5.69 Å². The molecular weight excluding hydrogens is 442 g/mol. The predicted octanol–water partition coefficient (Wildman–Crippen LogP) is 3.86. The Morgan fingerprint density at radius 3 is 2.41 bits per heavy atom. The number of hydrogen-bond acceptors (Lipinski definition) is 4. The second-order valence-electron chi connectivity index (χ2n) is 8.69. The Morgan fingerprint density at radius 2 is 1.76 bits per heavy atom. The SMILES string of the molecule is Cc1ccc(C(=O)Cn2cnc3c2c(=O)n(CCC(C)C)c(=O)n3-c2ccc(F)cc2F)cc1. The van der Waals surface area contributed by atoms with Crippen LogP contribution in [0.15, 0.2) is 58.4 Å². The van der Waals surface area contributed by atoms with Gasteiger partial charge in [-0.05, 0) is 31.4 Å². The molecule has 0 amide bonds. The first-order valence-corrected chi connectivity index (χ1v) is 10.9. The summed E-state index contributed by atoms with van der Waals surface area (Å²) >= 11 is 0. The molecule has 0 fully saturated rings. The molecule has 0 saturated heterocycles. The average Bonchev–Trinajstić information content (AvgIpc) is 3.18. The number of aromatic nitrogens is 4. The molecule has 0 N–H and O–H groups in total. The molecule has 4 aromatic rings. The van der Waals surface area contributed by atoms with E-state index < -0.39 is 22.9 Å². The minimum absolute atomic E-state index is 0.00690. The molecule has 0 aliphatic carbocycles. The maximum absolute atomic E-state index is 14.7. The van der Waals surface area contributed by atoms with Crippen LogP contribution in [0.1, 0.15) is 36.2 Å². The molecule has 0 aliphatic rings. The highest BCUT2D eigenvalue weighted by atomic mass is 19.1. The van der Waals surface area contributed by atoms with Gasteiger partial charge in [0.25, 0.3) is 5.56 Å². The summed E-state index contributed by atoms with van der Waals surface area (Å²) in [5, 5.41) is 0. The van der Waals surface area contributed by atoms with Gasteiger partial charge in [-0.1, -0.05) is 43.7 Å². The summed E-state index contributed by atoms with van der Waals surface area (Å²) in [5.41, 5.74) is -0.267. The van der Waals surface area contributed by atoms with Gasteiger partial charge in [-0.15, -0.1) is 0 Å². The largest absolute Gasteiger partial charge is 0.337 e. The molecule has 2 aromatic heterocycles. The van der Waals surface area contributed by atoms with Crippen LogP contribution in [-0.4, -0.2) is 24.5 Å². The summed E-state index contributed by atoms with van der Waals surface area (Å²) in [6.45, 7) is 5.72. The Morgan fingerprint density at radius 1 is 1.06 bits per heavy atom. The Bertz CT molecular complexity index is 1500. The number of fused-ring (bicyclic) bond motifs is 1. The van der Waals surface area contributed by atoms with Crippen LogP contribution in [0.2, 0.25) is 0 Å². The highest BCUT2D eigenvalue weighted by Gasteiger charge is 2.22. The standard InChI is InChI=1S/C25H24F2N4O3/c1-15(2)10-11-30-24(33)22-23(31(25(30)34)20-9-8-18(26)12-19(20)27)28-14-29(22)13-21(32)17-6-4-16(3)5-7-17/h4-9,12,14-15H,10-11,13H2,1-3H3. The number of halogens is 2. The smallest absolute Gasteiger partial charge is 0.317 e. The molecule has 0 unspecified atom stereocenters. The fourth-order valence-electron chi connectivity index (χ4n) is 3.75. The van der Waals surface area contributed by atoms with Crippen molar-refractivity contribution in [1.82, 2.24) is 18.7 Å². The molecule has 0 bridgehead atoms. The van der Waals surface area contributed by atoms with Crippen LogP contribution in [-0.2, 0) is 13.1 Å². The van der Waals surface area contributed by atoms with E-state index in [2.05, 4.69) is 4.98 Å². The molecule has 4 rings (SSSR count). The Kier molecular flexibility index (Phi) is 6.28. The second-order valence-corrected chi connectivity index (χ2v) is 8.69. The number of hydrogen-bond donors (Lipinski definition) is 0. The van der Waals surface area contributed by atoms with Crippen LogP contribution >= 0.6 is 0 Å². The number of Topliss-reactive ketones (excluding diaryl/α,β-unsaturated/α-hetero) is 1. The molecule has 0 spiro atoms.